The lowest BCUT2D eigenvalue weighted by Crippen LogP contribution is -2.29. The van der Waals surface area contributed by atoms with Crippen LogP contribution in [0.25, 0.3) is 0 Å². The topological polar surface area (TPSA) is 32.4 Å². The number of ether oxygens (including phenoxy) is 1. The van der Waals surface area contributed by atoms with Gasteiger partial charge in [0.15, 0.2) is 5.75 Å². The minimum absolute atomic E-state index is 0.0254. The normalized spacial score (nSPS) is 15.3. The summed E-state index contributed by atoms with van der Waals surface area (Å²) in [6, 6.07) is 11.0. The number of nitrogens with zero attached hydrogens (tertiary/aromatic N) is 1. The molecule has 1 radical (unpaired) electrons. The molecule has 0 atom stereocenters. The zero-order valence-corrected chi connectivity index (χ0v) is 12.3. The highest BCUT2D eigenvalue weighted by molar-refractivity contribution is 5.36. The van der Waals surface area contributed by atoms with Crippen molar-refractivity contribution in [3.8, 4) is 11.5 Å². The maximum atomic E-state index is 12.1. The van der Waals surface area contributed by atoms with Crippen molar-refractivity contribution in [1.29, 1.82) is 0 Å². The Morgan fingerprint density at radius 3 is 2.48 bits per heavy atom. The Bertz CT molecular complexity index is 683. The highest BCUT2D eigenvalue weighted by Gasteiger charge is 2.31. The highest BCUT2D eigenvalue weighted by atomic mass is 19.4. The van der Waals surface area contributed by atoms with E-state index in [0.29, 0.717) is 6.54 Å². The number of hydrogen-bond acceptors (Lipinski definition) is 2. The van der Waals surface area contributed by atoms with Crippen molar-refractivity contribution in [1.82, 2.24) is 4.90 Å². The van der Waals surface area contributed by atoms with Gasteiger partial charge in [-0.2, -0.15) is 0 Å². The van der Waals surface area contributed by atoms with E-state index in [0.717, 1.165) is 36.2 Å². The van der Waals surface area contributed by atoms with Crippen LogP contribution in [0.15, 0.2) is 42.5 Å². The predicted molar refractivity (Wildman–Crippen MR) is 77.5 cm³/mol. The van der Waals surface area contributed by atoms with Crippen LogP contribution in [0.1, 0.15) is 16.7 Å². The van der Waals surface area contributed by atoms with Gasteiger partial charge in [-0.05, 0) is 47.4 Å². The molecule has 23 heavy (non-hydrogen) atoms. The van der Waals surface area contributed by atoms with Gasteiger partial charge in [0, 0.05) is 19.6 Å². The first-order chi connectivity index (χ1) is 10.9. The smallest absolute Gasteiger partial charge is 0.406 e. The van der Waals surface area contributed by atoms with Crippen LogP contribution in [0.4, 0.5) is 13.2 Å². The first-order valence-corrected chi connectivity index (χ1v) is 7.25. The first kappa shape index (κ1) is 15.7. The lowest BCUT2D eigenvalue weighted by Gasteiger charge is -2.28. The number of rotatable bonds is 3. The molecule has 2 aromatic rings. The summed E-state index contributed by atoms with van der Waals surface area (Å²) >= 11 is 0. The van der Waals surface area contributed by atoms with E-state index < -0.39 is 6.36 Å². The number of hydrogen-bond donors (Lipinski definition) is 0. The van der Waals surface area contributed by atoms with Gasteiger partial charge in [-0.15, -0.1) is 13.2 Å². The summed E-state index contributed by atoms with van der Waals surface area (Å²) in [7, 11) is 0. The van der Waals surface area contributed by atoms with Gasteiger partial charge in [0.25, 0.3) is 0 Å². The third-order valence-electron chi connectivity index (χ3n) is 3.83. The summed E-state index contributed by atoms with van der Waals surface area (Å²) in [4.78, 5) is 2.20. The van der Waals surface area contributed by atoms with Crippen LogP contribution in [-0.4, -0.2) is 17.8 Å². The molecular weight excluding hydrogens is 307 g/mol. The SMILES string of the molecule is [O]c1ccc2c(c1)CCN(Cc1ccc(OC(F)(F)F)cc1)C2. The number of halogens is 3. The molecule has 0 N–H and O–H groups in total. The second-order valence-electron chi connectivity index (χ2n) is 5.58. The standard InChI is InChI=1S/C17H15F3NO2/c18-17(19,20)23-16-5-1-12(2-6-16)10-21-8-7-13-9-15(22)4-3-14(13)11-21/h1-6,9H,7-8,10-11H2. The van der Waals surface area contributed by atoms with Crippen LogP contribution >= 0.6 is 0 Å². The minimum atomic E-state index is -4.67. The molecule has 0 amide bonds. The van der Waals surface area contributed by atoms with Gasteiger partial charge in [-0.1, -0.05) is 18.2 Å². The van der Waals surface area contributed by atoms with E-state index in [2.05, 4.69) is 9.64 Å². The molecule has 2 aromatic carbocycles. The maximum absolute atomic E-state index is 12.1. The Hall–Kier alpha value is -2.21. The van der Waals surface area contributed by atoms with Crippen LogP contribution in [0.3, 0.4) is 0 Å². The summed E-state index contributed by atoms with van der Waals surface area (Å²) in [5.41, 5.74) is 3.14. The fraction of sp³-hybridized carbons (Fsp3) is 0.294. The molecule has 0 bridgehead atoms. The van der Waals surface area contributed by atoms with Crippen molar-refractivity contribution < 1.29 is 23.0 Å². The van der Waals surface area contributed by atoms with E-state index in [1.54, 1.807) is 24.3 Å². The minimum Gasteiger partial charge on any atom is -0.406 e. The van der Waals surface area contributed by atoms with Crippen LogP contribution < -0.4 is 4.74 Å². The maximum Gasteiger partial charge on any atom is 0.573 e. The molecule has 0 aromatic heterocycles. The molecular formula is C17H15F3NO2. The van der Waals surface area contributed by atoms with Crippen LogP contribution in [0.2, 0.25) is 0 Å². The van der Waals surface area contributed by atoms with Gasteiger partial charge in [-0.25, -0.2) is 0 Å². The second-order valence-corrected chi connectivity index (χ2v) is 5.58. The summed E-state index contributed by atoms with van der Waals surface area (Å²) in [6.45, 7) is 2.19. The van der Waals surface area contributed by atoms with Crippen molar-refractivity contribution in [3.05, 3.63) is 59.2 Å². The molecule has 1 aliphatic heterocycles. The molecule has 3 nitrogen and oxygen atoms in total. The quantitative estimate of drug-likeness (QED) is 0.844. The van der Waals surface area contributed by atoms with Gasteiger partial charge in [-0.3, -0.25) is 10.0 Å². The Kier molecular flexibility index (Phi) is 4.17. The summed E-state index contributed by atoms with van der Waals surface area (Å²) in [6.07, 6.45) is -3.86. The fourth-order valence-electron chi connectivity index (χ4n) is 2.78. The van der Waals surface area contributed by atoms with E-state index in [9.17, 15) is 18.3 Å². The second kappa shape index (κ2) is 6.12. The van der Waals surface area contributed by atoms with Crippen molar-refractivity contribution in [2.45, 2.75) is 25.9 Å². The van der Waals surface area contributed by atoms with Crippen molar-refractivity contribution in [3.63, 3.8) is 0 Å². The molecule has 0 saturated carbocycles. The summed E-state index contributed by atoms with van der Waals surface area (Å²) < 4.78 is 40.3. The zero-order chi connectivity index (χ0) is 16.4. The number of fused-ring (bicyclic) bond motifs is 1. The molecule has 0 saturated heterocycles. The predicted octanol–water partition coefficient (Wildman–Crippen LogP) is 4.29. The monoisotopic (exact) mass is 322 g/mol. The molecule has 0 fully saturated rings. The molecule has 0 unspecified atom stereocenters. The van der Waals surface area contributed by atoms with Crippen LogP contribution in [0.5, 0.6) is 11.5 Å². The number of benzene rings is 2. The Balaban J connectivity index is 1.63. The third kappa shape index (κ3) is 4.16. The number of alkyl halides is 3. The first-order valence-electron chi connectivity index (χ1n) is 7.25. The third-order valence-corrected chi connectivity index (χ3v) is 3.83. The lowest BCUT2D eigenvalue weighted by molar-refractivity contribution is -0.274. The Morgan fingerprint density at radius 1 is 1.04 bits per heavy atom. The highest BCUT2D eigenvalue weighted by Crippen LogP contribution is 2.26. The van der Waals surface area contributed by atoms with E-state index in [-0.39, 0.29) is 11.5 Å². The van der Waals surface area contributed by atoms with Gasteiger partial charge in [0.1, 0.15) is 5.75 Å². The van der Waals surface area contributed by atoms with Crippen LogP contribution in [-0.2, 0) is 24.6 Å². The van der Waals surface area contributed by atoms with Gasteiger partial charge >= 0.3 is 6.36 Å². The average molecular weight is 322 g/mol. The Labute approximate surface area is 131 Å². The van der Waals surface area contributed by atoms with E-state index in [1.807, 2.05) is 6.07 Å². The van der Waals surface area contributed by atoms with Crippen molar-refractivity contribution >= 4 is 0 Å². The van der Waals surface area contributed by atoms with Crippen LogP contribution in [0, 0.1) is 0 Å². The molecule has 6 heteroatoms. The van der Waals surface area contributed by atoms with Gasteiger partial charge in [0.05, 0.1) is 0 Å². The van der Waals surface area contributed by atoms with E-state index in [1.165, 1.54) is 12.1 Å². The molecule has 0 aliphatic carbocycles. The average Bonchev–Trinajstić information content (AvgIpc) is 2.48. The largest absolute Gasteiger partial charge is 0.573 e. The van der Waals surface area contributed by atoms with E-state index in [4.69, 9.17) is 0 Å². The molecule has 121 valence electrons. The Morgan fingerprint density at radius 2 is 1.78 bits per heavy atom. The zero-order valence-electron chi connectivity index (χ0n) is 12.3. The lowest BCUT2D eigenvalue weighted by atomic mass is 9.99. The summed E-state index contributed by atoms with van der Waals surface area (Å²) in [5, 5.41) is 11.3. The fourth-order valence-corrected chi connectivity index (χ4v) is 2.78. The van der Waals surface area contributed by atoms with E-state index >= 15 is 0 Å². The van der Waals surface area contributed by atoms with Crippen molar-refractivity contribution in [2.75, 3.05) is 6.54 Å². The molecule has 1 aliphatic rings. The summed E-state index contributed by atoms with van der Waals surface area (Å²) in [5.74, 6) is -0.189. The molecule has 3 rings (SSSR count). The van der Waals surface area contributed by atoms with Crippen molar-refractivity contribution in [2.24, 2.45) is 0 Å². The molecule has 1 heterocycles. The van der Waals surface area contributed by atoms with Gasteiger partial charge in [0.2, 0.25) is 0 Å². The molecule has 0 spiro atoms. The van der Waals surface area contributed by atoms with Gasteiger partial charge < -0.3 is 4.74 Å².